The molecule has 3 atom stereocenters. The summed E-state index contributed by atoms with van der Waals surface area (Å²) >= 11 is 10.2. The Bertz CT molecular complexity index is 829. The Morgan fingerprint density at radius 1 is 1.35 bits per heavy atom. The number of aliphatic hydroxyl groups excluding tert-OH is 1. The molecule has 2 aliphatic rings. The number of rotatable bonds is 3. The molecule has 1 aromatic carbocycles. The molecule has 0 bridgehead atoms. The molecule has 2 heterocycles. The van der Waals surface area contributed by atoms with Gasteiger partial charge in [0.1, 0.15) is 5.82 Å². The molecule has 26 heavy (non-hydrogen) atoms. The van der Waals surface area contributed by atoms with E-state index in [9.17, 15) is 5.11 Å². The van der Waals surface area contributed by atoms with E-state index in [0.29, 0.717) is 11.4 Å². The summed E-state index contributed by atoms with van der Waals surface area (Å²) in [5.41, 5.74) is 3.30. The van der Waals surface area contributed by atoms with Crippen LogP contribution in [0.2, 0.25) is 5.02 Å². The zero-order valence-electron chi connectivity index (χ0n) is 14.9. The fourth-order valence-corrected chi connectivity index (χ4v) is 5.07. The van der Waals surface area contributed by atoms with Gasteiger partial charge in [-0.15, -0.1) is 0 Å². The van der Waals surface area contributed by atoms with E-state index in [1.54, 1.807) is 13.3 Å². The van der Waals surface area contributed by atoms with Crippen LogP contribution in [0.1, 0.15) is 29.5 Å². The summed E-state index contributed by atoms with van der Waals surface area (Å²) in [4.78, 5) is 6.96. The zero-order chi connectivity index (χ0) is 18.5. The highest BCUT2D eigenvalue weighted by Gasteiger charge is 2.53. The third-order valence-electron chi connectivity index (χ3n) is 5.69. The number of aliphatic hydroxyl groups is 1. The van der Waals surface area contributed by atoms with Gasteiger partial charge in [-0.3, -0.25) is 0 Å². The minimum absolute atomic E-state index is 0.169. The maximum atomic E-state index is 10.5. The quantitative estimate of drug-likeness (QED) is 0.780. The van der Waals surface area contributed by atoms with Gasteiger partial charge < -0.3 is 14.7 Å². The molecule has 1 aromatic heterocycles. The van der Waals surface area contributed by atoms with Crippen LogP contribution in [0.15, 0.2) is 34.9 Å². The minimum atomic E-state index is -0.484. The molecule has 1 aliphatic heterocycles. The topological polar surface area (TPSA) is 45.6 Å². The van der Waals surface area contributed by atoms with Gasteiger partial charge in [-0.05, 0) is 41.3 Å². The van der Waals surface area contributed by atoms with Crippen LogP contribution in [0, 0.1) is 6.92 Å². The van der Waals surface area contributed by atoms with Crippen LogP contribution in [0.25, 0.3) is 0 Å². The summed E-state index contributed by atoms with van der Waals surface area (Å²) in [6, 6.07) is 8.57. The number of ether oxygens (including phenoxy) is 1. The van der Waals surface area contributed by atoms with Crippen molar-refractivity contribution >= 4 is 33.3 Å². The highest BCUT2D eigenvalue weighted by Crippen LogP contribution is 2.54. The fraction of sp³-hybridized carbons (Fsp3) is 0.450. The lowest BCUT2D eigenvalue weighted by molar-refractivity contribution is 0.00973. The fourth-order valence-electron chi connectivity index (χ4n) is 4.44. The molecule has 4 rings (SSSR count). The number of hydrogen-bond donors (Lipinski definition) is 1. The van der Waals surface area contributed by atoms with E-state index in [4.69, 9.17) is 16.3 Å². The van der Waals surface area contributed by atoms with Gasteiger partial charge in [-0.2, -0.15) is 0 Å². The molecule has 0 saturated heterocycles. The Morgan fingerprint density at radius 3 is 2.73 bits per heavy atom. The number of hydrogen-bond acceptors (Lipinski definition) is 4. The molecule has 1 N–H and O–H groups in total. The monoisotopic (exact) mass is 436 g/mol. The number of benzene rings is 1. The predicted molar refractivity (Wildman–Crippen MR) is 107 cm³/mol. The third-order valence-corrected chi connectivity index (χ3v) is 6.92. The summed E-state index contributed by atoms with van der Waals surface area (Å²) in [6.07, 6.45) is 2.50. The smallest absolute Gasteiger partial charge is 0.134 e. The van der Waals surface area contributed by atoms with Crippen LogP contribution in [0.5, 0.6) is 0 Å². The summed E-state index contributed by atoms with van der Waals surface area (Å²) in [7, 11) is 1.66. The molecule has 1 saturated carbocycles. The Hall–Kier alpha value is -1.14. The maximum Gasteiger partial charge on any atom is 0.134 e. The number of methoxy groups -OCH3 is 1. The van der Waals surface area contributed by atoms with Gasteiger partial charge in [0.05, 0.1) is 21.7 Å². The first-order chi connectivity index (χ1) is 12.4. The highest BCUT2D eigenvalue weighted by molar-refractivity contribution is 9.10. The number of halogens is 2. The van der Waals surface area contributed by atoms with Crippen LogP contribution in [-0.4, -0.2) is 36.0 Å². The van der Waals surface area contributed by atoms with Crippen molar-refractivity contribution < 1.29 is 9.84 Å². The summed E-state index contributed by atoms with van der Waals surface area (Å²) in [5, 5.41) is 11.2. The summed E-state index contributed by atoms with van der Waals surface area (Å²) in [6.45, 7) is 3.65. The van der Waals surface area contributed by atoms with Crippen LogP contribution in [-0.2, 0) is 16.7 Å². The Labute approximate surface area is 167 Å². The van der Waals surface area contributed by atoms with Crippen molar-refractivity contribution in [3.63, 3.8) is 0 Å². The lowest BCUT2D eigenvalue weighted by atomic mass is 9.81. The molecule has 1 spiro atoms. The summed E-state index contributed by atoms with van der Waals surface area (Å²) < 4.78 is 6.31. The largest absolute Gasteiger partial charge is 0.390 e. The van der Waals surface area contributed by atoms with Gasteiger partial charge in [-0.1, -0.05) is 41.4 Å². The van der Waals surface area contributed by atoms with Crippen LogP contribution >= 0.6 is 27.5 Å². The van der Waals surface area contributed by atoms with Gasteiger partial charge in [0.2, 0.25) is 0 Å². The van der Waals surface area contributed by atoms with Crippen molar-refractivity contribution in [3.05, 3.63) is 56.6 Å². The van der Waals surface area contributed by atoms with E-state index in [0.717, 1.165) is 35.4 Å². The van der Waals surface area contributed by atoms with Gasteiger partial charge in [0.15, 0.2) is 0 Å². The van der Waals surface area contributed by atoms with Crippen molar-refractivity contribution in [3.8, 4) is 0 Å². The molecule has 0 amide bonds. The number of fused-ring (bicyclic) bond motifs is 2. The summed E-state index contributed by atoms with van der Waals surface area (Å²) in [5.74, 6) is 0.919. The standard InChI is InChI=1S/C20H22BrClN2O2/c1-12-3-5-13(6-4-12)10-24-11-20(7-15(25)16(8-20)26-2)17-18(22)14(21)9-23-19(17)24/h3-6,9,15-16,25H,7-8,10-11H2,1-2H3/t15-,16-,20-/m0/s1. The van der Waals surface area contributed by atoms with Gasteiger partial charge in [0.25, 0.3) is 0 Å². The van der Waals surface area contributed by atoms with E-state index in [1.807, 2.05) is 0 Å². The normalized spacial score (nSPS) is 27.3. The lowest BCUT2D eigenvalue weighted by Crippen LogP contribution is -2.32. The van der Waals surface area contributed by atoms with Crippen molar-refractivity contribution in [2.45, 2.75) is 43.9 Å². The van der Waals surface area contributed by atoms with Gasteiger partial charge >= 0.3 is 0 Å². The molecule has 4 nitrogen and oxygen atoms in total. The highest BCUT2D eigenvalue weighted by atomic mass is 79.9. The first-order valence-corrected chi connectivity index (χ1v) is 9.96. The lowest BCUT2D eigenvalue weighted by Gasteiger charge is -2.26. The Kier molecular flexibility index (Phi) is 4.76. The third kappa shape index (κ3) is 2.95. The second kappa shape index (κ2) is 6.79. The van der Waals surface area contributed by atoms with Crippen molar-refractivity contribution in [2.24, 2.45) is 0 Å². The molecular formula is C20H22BrClN2O2. The zero-order valence-corrected chi connectivity index (χ0v) is 17.2. The first kappa shape index (κ1) is 18.2. The SMILES string of the molecule is CO[C@H]1C[C@@]2(C[C@@H]1O)CN(Cc1ccc(C)cc1)c1ncc(Br)c(Cl)c12. The first-order valence-electron chi connectivity index (χ1n) is 8.79. The van der Waals surface area contributed by atoms with E-state index in [2.05, 4.69) is 57.0 Å². The Balaban J connectivity index is 1.74. The van der Waals surface area contributed by atoms with Crippen molar-refractivity contribution in [2.75, 3.05) is 18.6 Å². The average molecular weight is 438 g/mol. The second-order valence-electron chi connectivity index (χ2n) is 7.49. The van der Waals surface area contributed by atoms with Crippen molar-refractivity contribution in [1.82, 2.24) is 4.98 Å². The predicted octanol–water partition coefficient (Wildman–Crippen LogP) is 4.23. The number of aromatic nitrogens is 1. The van der Waals surface area contributed by atoms with E-state index >= 15 is 0 Å². The Morgan fingerprint density at radius 2 is 2.08 bits per heavy atom. The number of nitrogens with zero attached hydrogens (tertiary/aromatic N) is 2. The molecule has 138 valence electrons. The molecule has 2 aromatic rings. The van der Waals surface area contributed by atoms with E-state index in [-0.39, 0.29) is 11.5 Å². The van der Waals surface area contributed by atoms with Crippen LogP contribution in [0.3, 0.4) is 0 Å². The maximum absolute atomic E-state index is 10.5. The van der Waals surface area contributed by atoms with Crippen molar-refractivity contribution in [1.29, 1.82) is 0 Å². The molecule has 1 aliphatic carbocycles. The average Bonchev–Trinajstić information content (AvgIpc) is 3.10. The van der Waals surface area contributed by atoms with Gasteiger partial charge in [0, 0.05) is 37.4 Å². The number of aryl methyl sites for hydroxylation is 1. The molecule has 6 heteroatoms. The minimum Gasteiger partial charge on any atom is -0.390 e. The number of pyridine rings is 1. The van der Waals surface area contributed by atoms with E-state index < -0.39 is 6.10 Å². The number of anilines is 1. The molecule has 1 fully saturated rings. The molecule has 0 radical (unpaired) electrons. The molecule has 0 unspecified atom stereocenters. The second-order valence-corrected chi connectivity index (χ2v) is 8.72. The van der Waals surface area contributed by atoms with Crippen LogP contribution in [0.4, 0.5) is 5.82 Å². The van der Waals surface area contributed by atoms with Gasteiger partial charge in [-0.25, -0.2) is 4.98 Å². The van der Waals surface area contributed by atoms with E-state index in [1.165, 1.54) is 11.1 Å². The van der Waals surface area contributed by atoms with Crippen LogP contribution < -0.4 is 4.90 Å². The molecular weight excluding hydrogens is 416 g/mol.